The van der Waals surface area contributed by atoms with Gasteiger partial charge in [-0.15, -0.1) is 0 Å². The highest BCUT2D eigenvalue weighted by Crippen LogP contribution is 2.26. The molecule has 0 fully saturated rings. The maximum absolute atomic E-state index is 13.6. The summed E-state index contributed by atoms with van der Waals surface area (Å²) in [5, 5.41) is 0. The van der Waals surface area contributed by atoms with E-state index in [1.165, 1.54) is 25.3 Å². The monoisotopic (exact) mass is 386 g/mol. The third-order valence-electron chi connectivity index (χ3n) is 2.59. The van der Waals surface area contributed by atoms with Gasteiger partial charge in [-0.2, -0.15) is 0 Å². The normalized spacial score (nSPS) is 10.3. The molecule has 0 atom stereocenters. The zero-order chi connectivity index (χ0) is 14.0. The Hall–Kier alpha value is -1.20. The molecule has 2 aromatic rings. The first-order valence-electron chi connectivity index (χ1n) is 5.36. The van der Waals surface area contributed by atoms with Gasteiger partial charge >= 0.3 is 0 Å². The van der Waals surface area contributed by atoms with Gasteiger partial charge < -0.3 is 4.74 Å². The number of ether oxygens (including phenoxy) is 1. The maximum Gasteiger partial charge on any atom is 0.194 e. The Kier molecular flexibility index (Phi) is 4.37. The minimum Gasteiger partial charge on any atom is -0.494 e. The van der Waals surface area contributed by atoms with Gasteiger partial charge in [0.25, 0.3) is 0 Å². The lowest BCUT2D eigenvalue weighted by molar-refractivity contribution is 0.103. The number of ketones is 1. The van der Waals surface area contributed by atoms with Crippen molar-refractivity contribution in [1.29, 1.82) is 0 Å². The van der Waals surface area contributed by atoms with Gasteiger partial charge in [0.2, 0.25) is 0 Å². The van der Waals surface area contributed by atoms with E-state index in [-0.39, 0.29) is 17.1 Å². The third-order valence-corrected chi connectivity index (χ3v) is 3.77. The Morgan fingerprint density at radius 1 is 1.16 bits per heavy atom. The van der Waals surface area contributed by atoms with Crippen LogP contribution in [0.2, 0.25) is 0 Å². The predicted octanol–water partition coefficient (Wildman–Crippen LogP) is 4.59. The molecule has 0 spiro atoms. The predicted molar refractivity (Wildman–Crippen MR) is 78.2 cm³/mol. The molecule has 0 saturated carbocycles. The van der Waals surface area contributed by atoms with E-state index in [2.05, 4.69) is 31.9 Å². The summed E-state index contributed by atoms with van der Waals surface area (Å²) >= 11 is 6.62. The van der Waals surface area contributed by atoms with Crippen LogP contribution < -0.4 is 4.74 Å². The second-order valence-electron chi connectivity index (χ2n) is 3.80. The van der Waals surface area contributed by atoms with Crippen molar-refractivity contribution >= 4 is 37.6 Å². The molecule has 2 rings (SSSR count). The molecule has 19 heavy (non-hydrogen) atoms. The maximum atomic E-state index is 13.6. The first-order valence-corrected chi connectivity index (χ1v) is 6.95. The summed E-state index contributed by atoms with van der Waals surface area (Å²) in [6.07, 6.45) is 0. The second kappa shape index (κ2) is 5.84. The number of hydrogen-bond donors (Lipinski definition) is 0. The standard InChI is InChI=1S/C14H9Br2FO2/c1-19-13-5-2-8(6-12(13)17)14(18)10-7-9(15)3-4-11(10)16/h2-7H,1H3. The first-order chi connectivity index (χ1) is 9.02. The fourth-order valence-electron chi connectivity index (χ4n) is 1.63. The molecule has 0 heterocycles. The van der Waals surface area contributed by atoms with Gasteiger partial charge in [0, 0.05) is 20.1 Å². The van der Waals surface area contributed by atoms with Crippen LogP contribution in [0.25, 0.3) is 0 Å². The van der Waals surface area contributed by atoms with E-state index >= 15 is 0 Å². The highest BCUT2D eigenvalue weighted by molar-refractivity contribution is 9.11. The van der Waals surface area contributed by atoms with Gasteiger partial charge in [0.05, 0.1) is 7.11 Å². The fraction of sp³-hybridized carbons (Fsp3) is 0.0714. The number of benzene rings is 2. The average molecular weight is 388 g/mol. The van der Waals surface area contributed by atoms with Gasteiger partial charge in [-0.05, 0) is 36.4 Å². The van der Waals surface area contributed by atoms with Crippen LogP contribution in [0.3, 0.4) is 0 Å². The zero-order valence-electron chi connectivity index (χ0n) is 9.91. The number of halogens is 3. The highest BCUT2D eigenvalue weighted by atomic mass is 79.9. The summed E-state index contributed by atoms with van der Waals surface area (Å²) in [5.41, 5.74) is 0.746. The molecule has 0 aliphatic heterocycles. The Balaban J connectivity index is 2.44. The molecule has 0 unspecified atom stereocenters. The topological polar surface area (TPSA) is 26.3 Å². The quantitative estimate of drug-likeness (QED) is 0.720. The average Bonchev–Trinajstić information content (AvgIpc) is 2.40. The van der Waals surface area contributed by atoms with E-state index in [4.69, 9.17) is 4.74 Å². The molecule has 2 nitrogen and oxygen atoms in total. The van der Waals surface area contributed by atoms with Crippen LogP contribution in [0.1, 0.15) is 15.9 Å². The molecule has 0 bridgehead atoms. The molecule has 0 amide bonds. The smallest absolute Gasteiger partial charge is 0.194 e. The molecule has 98 valence electrons. The van der Waals surface area contributed by atoms with Crippen LogP contribution in [-0.4, -0.2) is 12.9 Å². The number of methoxy groups -OCH3 is 1. The van der Waals surface area contributed by atoms with Crippen molar-refractivity contribution in [3.63, 3.8) is 0 Å². The first kappa shape index (κ1) is 14.2. The number of hydrogen-bond acceptors (Lipinski definition) is 2. The van der Waals surface area contributed by atoms with Crippen molar-refractivity contribution in [2.45, 2.75) is 0 Å². The fourth-order valence-corrected chi connectivity index (χ4v) is 2.42. The zero-order valence-corrected chi connectivity index (χ0v) is 13.1. The lowest BCUT2D eigenvalue weighted by Gasteiger charge is -2.07. The van der Waals surface area contributed by atoms with Crippen LogP contribution in [0, 0.1) is 5.82 Å². The molecule has 0 saturated heterocycles. The Labute approximate surface area is 126 Å². The van der Waals surface area contributed by atoms with Crippen molar-refractivity contribution in [2.24, 2.45) is 0 Å². The summed E-state index contributed by atoms with van der Waals surface area (Å²) in [6.45, 7) is 0. The van der Waals surface area contributed by atoms with Gasteiger partial charge in [-0.25, -0.2) is 4.39 Å². The van der Waals surface area contributed by atoms with Crippen LogP contribution in [0.15, 0.2) is 45.3 Å². The van der Waals surface area contributed by atoms with E-state index in [1.807, 2.05) is 6.07 Å². The number of rotatable bonds is 3. The second-order valence-corrected chi connectivity index (χ2v) is 5.57. The molecule has 0 aliphatic carbocycles. The van der Waals surface area contributed by atoms with E-state index in [9.17, 15) is 9.18 Å². The van der Waals surface area contributed by atoms with Crippen molar-refractivity contribution in [3.05, 3.63) is 62.3 Å². The molecule has 0 N–H and O–H groups in total. The molecule has 0 radical (unpaired) electrons. The Morgan fingerprint density at radius 3 is 2.53 bits per heavy atom. The SMILES string of the molecule is COc1ccc(C(=O)c2cc(Br)ccc2Br)cc1F. The van der Waals surface area contributed by atoms with E-state index in [1.54, 1.807) is 12.1 Å². The molecule has 0 aromatic heterocycles. The van der Waals surface area contributed by atoms with E-state index < -0.39 is 5.82 Å². The van der Waals surface area contributed by atoms with Crippen molar-refractivity contribution in [3.8, 4) is 5.75 Å². The van der Waals surface area contributed by atoms with Gasteiger partial charge in [0.15, 0.2) is 17.3 Å². The number of carbonyl (C=O) groups is 1. The molecule has 2 aromatic carbocycles. The van der Waals surface area contributed by atoms with Gasteiger partial charge in [-0.3, -0.25) is 4.79 Å². The van der Waals surface area contributed by atoms with Crippen LogP contribution >= 0.6 is 31.9 Å². The minimum atomic E-state index is -0.556. The molecular formula is C14H9Br2FO2. The summed E-state index contributed by atoms with van der Waals surface area (Å²) in [4.78, 5) is 12.3. The summed E-state index contributed by atoms with van der Waals surface area (Å²) in [7, 11) is 1.38. The minimum absolute atomic E-state index is 0.116. The van der Waals surface area contributed by atoms with Crippen LogP contribution in [0.5, 0.6) is 5.75 Å². The molecule has 5 heteroatoms. The Bertz CT molecular complexity index is 641. The number of carbonyl (C=O) groups excluding carboxylic acids is 1. The lowest BCUT2D eigenvalue weighted by atomic mass is 10.0. The molecular weight excluding hydrogens is 379 g/mol. The van der Waals surface area contributed by atoms with Crippen LogP contribution in [0.4, 0.5) is 4.39 Å². The summed E-state index contributed by atoms with van der Waals surface area (Å²) < 4.78 is 19.9. The van der Waals surface area contributed by atoms with Crippen molar-refractivity contribution in [1.82, 2.24) is 0 Å². The van der Waals surface area contributed by atoms with Gasteiger partial charge in [-0.1, -0.05) is 31.9 Å². The molecule has 0 aliphatic rings. The summed E-state index contributed by atoms with van der Waals surface area (Å²) in [6, 6.07) is 9.42. The van der Waals surface area contributed by atoms with Crippen LogP contribution in [-0.2, 0) is 0 Å². The van der Waals surface area contributed by atoms with Gasteiger partial charge in [0.1, 0.15) is 0 Å². The van der Waals surface area contributed by atoms with Crippen molar-refractivity contribution < 1.29 is 13.9 Å². The van der Waals surface area contributed by atoms with E-state index in [0.29, 0.717) is 10.0 Å². The third kappa shape index (κ3) is 3.04. The van der Waals surface area contributed by atoms with Crippen molar-refractivity contribution in [2.75, 3.05) is 7.11 Å². The summed E-state index contributed by atoms with van der Waals surface area (Å²) in [5.74, 6) is -0.695. The van der Waals surface area contributed by atoms with E-state index in [0.717, 1.165) is 4.47 Å². The lowest BCUT2D eigenvalue weighted by Crippen LogP contribution is -2.03. The highest BCUT2D eigenvalue weighted by Gasteiger charge is 2.15. The Morgan fingerprint density at radius 2 is 1.89 bits per heavy atom. The largest absolute Gasteiger partial charge is 0.494 e.